The first-order chi connectivity index (χ1) is 16.3. The monoisotopic (exact) mass is 558 g/mol. The molecular weight excluding hydrogens is 537 g/mol. The molecule has 0 spiro atoms. The molecule has 16 nitrogen and oxygen atoms in total. The molecule has 1 aromatic heterocycles. The summed E-state index contributed by atoms with van der Waals surface area (Å²) in [4.78, 5) is 53.9. The number of aromatic amines is 1. The zero-order valence-corrected chi connectivity index (χ0v) is 20.2. The number of nitrogens with zero attached hydrogens (tertiary/aromatic N) is 1. The van der Waals surface area contributed by atoms with Gasteiger partial charge in [-0.1, -0.05) is 30.3 Å². The molecule has 1 fully saturated rings. The predicted octanol–water partition coefficient (Wildman–Crippen LogP) is 0.753. The molecule has 194 valence electrons. The van der Waals surface area contributed by atoms with Crippen molar-refractivity contribution in [1.29, 1.82) is 0 Å². The lowest BCUT2D eigenvalue weighted by Gasteiger charge is -2.20. The van der Waals surface area contributed by atoms with Crippen molar-refractivity contribution < 1.29 is 55.9 Å². The molecule has 35 heavy (non-hydrogen) atoms. The van der Waals surface area contributed by atoms with Crippen molar-refractivity contribution in [1.82, 2.24) is 9.55 Å². The third kappa shape index (κ3) is 8.40. The standard InChI is InChI=1S/C16H21N2O14P3/c19-12-8-15(18-7-6-14(20)17-16(18)21)30-13(12)10-29-34(24,25)32-35(26,27)31-33(22,23)28-9-11-4-2-1-3-5-11/h1-7,12-13,15,19H,8-10H2,(H,22,23)(H,24,25)(H,26,27)(H,17,20,21)/t12?,13-,15-/m1/s1. The largest absolute Gasteiger partial charge is 0.490 e. The molecule has 1 saturated heterocycles. The second-order valence-corrected chi connectivity index (χ2v) is 11.7. The topological polar surface area (TPSA) is 233 Å². The molecule has 1 aliphatic rings. The van der Waals surface area contributed by atoms with E-state index in [1.807, 2.05) is 4.98 Å². The van der Waals surface area contributed by atoms with E-state index in [9.17, 15) is 43.1 Å². The molecule has 5 N–H and O–H groups in total. The Morgan fingerprint density at radius 2 is 1.60 bits per heavy atom. The Hall–Kier alpha value is -1.77. The summed E-state index contributed by atoms with van der Waals surface area (Å²) >= 11 is 0. The molecule has 6 atom stereocenters. The van der Waals surface area contributed by atoms with Crippen LogP contribution in [-0.2, 0) is 42.7 Å². The van der Waals surface area contributed by atoms with Gasteiger partial charge in [0.1, 0.15) is 12.3 Å². The minimum absolute atomic E-state index is 0.162. The Morgan fingerprint density at radius 3 is 2.23 bits per heavy atom. The smallest absolute Gasteiger partial charge is 0.390 e. The molecule has 0 saturated carbocycles. The predicted molar refractivity (Wildman–Crippen MR) is 115 cm³/mol. The number of phosphoric acid groups is 3. The molecule has 0 bridgehead atoms. The van der Waals surface area contributed by atoms with Crippen LogP contribution in [0, 0.1) is 0 Å². The number of rotatable bonds is 11. The fourth-order valence-corrected chi connectivity index (χ4v) is 6.41. The Kier molecular flexibility index (Phi) is 8.82. The Labute approximate surface area is 196 Å². The van der Waals surface area contributed by atoms with Crippen LogP contribution in [0.5, 0.6) is 0 Å². The van der Waals surface area contributed by atoms with Crippen LogP contribution in [0.15, 0.2) is 52.2 Å². The molecule has 2 aromatic rings. The molecule has 0 amide bonds. The number of hydrogen-bond acceptors (Lipinski definition) is 11. The Bertz CT molecular complexity index is 1280. The number of H-pyrrole nitrogens is 1. The number of ether oxygens (including phenoxy) is 1. The van der Waals surface area contributed by atoms with Crippen LogP contribution in [0.25, 0.3) is 0 Å². The molecule has 4 unspecified atom stereocenters. The summed E-state index contributed by atoms with van der Waals surface area (Å²) in [5.41, 5.74) is -1.06. The zero-order valence-electron chi connectivity index (χ0n) is 17.6. The van der Waals surface area contributed by atoms with Crippen molar-refractivity contribution in [2.45, 2.75) is 31.5 Å². The number of aliphatic hydroxyl groups excluding tert-OH is 1. The van der Waals surface area contributed by atoms with Gasteiger partial charge in [-0.15, -0.1) is 0 Å². The van der Waals surface area contributed by atoms with Crippen LogP contribution >= 0.6 is 23.5 Å². The molecule has 1 aromatic carbocycles. The van der Waals surface area contributed by atoms with E-state index in [0.717, 1.165) is 16.8 Å². The first kappa shape index (κ1) is 27.8. The van der Waals surface area contributed by atoms with Crippen molar-refractivity contribution in [2.24, 2.45) is 0 Å². The highest BCUT2D eigenvalue weighted by atomic mass is 31.3. The number of benzene rings is 1. The van der Waals surface area contributed by atoms with Crippen LogP contribution in [0.1, 0.15) is 18.2 Å². The minimum Gasteiger partial charge on any atom is -0.390 e. The number of nitrogens with one attached hydrogen (secondary N) is 1. The maximum absolute atomic E-state index is 12.1. The van der Waals surface area contributed by atoms with Gasteiger partial charge < -0.3 is 24.5 Å². The fraction of sp³-hybridized carbons (Fsp3) is 0.375. The van der Waals surface area contributed by atoms with Gasteiger partial charge in [-0.25, -0.2) is 18.5 Å². The summed E-state index contributed by atoms with van der Waals surface area (Å²) in [6.07, 6.45) is -2.70. The van der Waals surface area contributed by atoms with Gasteiger partial charge in [0.25, 0.3) is 5.56 Å². The van der Waals surface area contributed by atoms with E-state index in [1.54, 1.807) is 18.2 Å². The first-order valence-corrected chi connectivity index (χ1v) is 14.1. The maximum atomic E-state index is 12.1. The summed E-state index contributed by atoms with van der Waals surface area (Å²) in [6.45, 7) is -1.34. The lowest BCUT2D eigenvalue weighted by Crippen LogP contribution is -2.31. The van der Waals surface area contributed by atoms with Crippen molar-refractivity contribution in [3.63, 3.8) is 0 Å². The third-order valence-corrected chi connectivity index (χ3v) is 8.65. The second-order valence-electron chi connectivity index (χ2n) is 7.07. The quantitative estimate of drug-likeness (QED) is 0.240. The third-order valence-electron chi connectivity index (χ3n) is 4.42. The maximum Gasteiger partial charge on any atom is 0.490 e. The van der Waals surface area contributed by atoms with E-state index >= 15 is 0 Å². The van der Waals surface area contributed by atoms with Gasteiger partial charge in [-0.05, 0) is 5.56 Å². The van der Waals surface area contributed by atoms with Gasteiger partial charge in [0.2, 0.25) is 0 Å². The average Bonchev–Trinajstić information content (AvgIpc) is 3.10. The van der Waals surface area contributed by atoms with Crippen molar-refractivity contribution >= 4 is 23.5 Å². The molecule has 0 radical (unpaired) electrons. The highest BCUT2D eigenvalue weighted by molar-refractivity contribution is 7.66. The van der Waals surface area contributed by atoms with Crippen molar-refractivity contribution in [3.8, 4) is 0 Å². The fourth-order valence-electron chi connectivity index (χ4n) is 2.91. The zero-order chi connectivity index (χ0) is 25.9. The second kappa shape index (κ2) is 11.1. The number of aliphatic hydroxyl groups is 1. The number of phosphoric ester groups is 2. The van der Waals surface area contributed by atoms with Gasteiger partial charge in [0.15, 0.2) is 0 Å². The number of hydrogen-bond donors (Lipinski definition) is 5. The highest BCUT2D eigenvalue weighted by Crippen LogP contribution is 2.67. The number of aromatic nitrogens is 2. The van der Waals surface area contributed by atoms with Gasteiger partial charge in [0.05, 0.1) is 19.3 Å². The van der Waals surface area contributed by atoms with Crippen LogP contribution in [0.4, 0.5) is 0 Å². The van der Waals surface area contributed by atoms with Crippen LogP contribution in [0.2, 0.25) is 0 Å². The van der Waals surface area contributed by atoms with Crippen molar-refractivity contribution in [2.75, 3.05) is 6.61 Å². The summed E-state index contributed by atoms with van der Waals surface area (Å²) in [7, 11) is -16.3. The summed E-state index contributed by atoms with van der Waals surface area (Å²) in [6, 6.07) is 8.98. The van der Waals surface area contributed by atoms with Crippen LogP contribution in [0.3, 0.4) is 0 Å². The highest BCUT2D eigenvalue weighted by Gasteiger charge is 2.43. The SMILES string of the molecule is O=c1ccn([C@H]2CC(O)[C@@H](COP(=O)(O)OP(=O)(O)OP(=O)(O)OCc3ccccc3)O2)c(=O)[nH]1. The molecule has 0 aliphatic carbocycles. The lowest BCUT2D eigenvalue weighted by molar-refractivity contribution is -0.0450. The van der Waals surface area contributed by atoms with Crippen LogP contribution in [-0.4, -0.2) is 48.2 Å². The minimum atomic E-state index is -5.66. The average molecular weight is 558 g/mol. The Morgan fingerprint density at radius 1 is 0.971 bits per heavy atom. The molecule has 19 heteroatoms. The van der Waals surface area contributed by atoms with Gasteiger partial charge in [-0.3, -0.25) is 23.4 Å². The van der Waals surface area contributed by atoms with E-state index in [1.165, 1.54) is 12.1 Å². The molecule has 2 heterocycles. The van der Waals surface area contributed by atoms with Gasteiger partial charge in [-0.2, -0.15) is 8.62 Å². The van der Waals surface area contributed by atoms with Crippen molar-refractivity contribution in [3.05, 3.63) is 69.0 Å². The summed E-state index contributed by atoms with van der Waals surface area (Å²) in [5, 5.41) is 10.1. The van der Waals surface area contributed by atoms with E-state index in [-0.39, 0.29) is 6.42 Å². The van der Waals surface area contributed by atoms with Crippen LogP contribution < -0.4 is 11.2 Å². The molecule has 3 rings (SSSR count). The molecule has 1 aliphatic heterocycles. The van der Waals surface area contributed by atoms with Gasteiger partial charge in [0, 0.05) is 18.7 Å². The summed E-state index contributed by atoms with van der Waals surface area (Å²) in [5.74, 6) is 0. The van der Waals surface area contributed by atoms with E-state index in [4.69, 9.17) is 4.74 Å². The van der Waals surface area contributed by atoms with Gasteiger partial charge >= 0.3 is 29.2 Å². The normalized spacial score (nSPS) is 25.4. The first-order valence-electron chi connectivity index (χ1n) is 9.64. The summed E-state index contributed by atoms with van der Waals surface area (Å²) < 4.78 is 59.3. The molecular formula is C16H21N2O14P3. The Balaban J connectivity index is 1.54. The van der Waals surface area contributed by atoms with E-state index < -0.39 is 66.4 Å². The van der Waals surface area contributed by atoms with E-state index in [2.05, 4.69) is 17.7 Å². The lowest BCUT2D eigenvalue weighted by atomic mass is 10.2. The van der Waals surface area contributed by atoms with E-state index in [0.29, 0.717) is 5.56 Å².